The van der Waals surface area contributed by atoms with Gasteiger partial charge >= 0.3 is 0 Å². The maximum Gasteiger partial charge on any atom is 0.153 e. The molecule has 3 aromatic carbocycles. The first-order valence-electron chi connectivity index (χ1n) is 16.4. The van der Waals surface area contributed by atoms with Crippen molar-refractivity contribution in [2.24, 2.45) is 5.41 Å². The van der Waals surface area contributed by atoms with E-state index in [1.54, 1.807) is 18.3 Å². The summed E-state index contributed by atoms with van der Waals surface area (Å²) < 4.78 is 24.0. The highest BCUT2D eigenvalue weighted by Gasteiger charge is 2.43. The number of pyridine rings is 1. The maximum atomic E-state index is 11.8. The van der Waals surface area contributed by atoms with Crippen LogP contribution < -0.4 is 14.2 Å². The summed E-state index contributed by atoms with van der Waals surface area (Å²) in [6, 6.07) is 19.3. The zero-order chi connectivity index (χ0) is 33.5. The number of ether oxygens (including phenoxy) is 4. The topological polar surface area (TPSA) is 93.9 Å². The molecule has 1 aromatic heterocycles. The number of halogens is 1. The van der Waals surface area contributed by atoms with E-state index in [2.05, 4.69) is 41.9 Å². The Morgan fingerprint density at radius 3 is 2.46 bits per heavy atom. The molecule has 2 aliphatic rings. The molecule has 0 amide bonds. The second-order valence-corrected chi connectivity index (χ2v) is 13.2. The second kappa shape index (κ2) is 15.2. The van der Waals surface area contributed by atoms with Crippen molar-refractivity contribution in [3.63, 3.8) is 0 Å². The highest BCUT2D eigenvalue weighted by Crippen LogP contribution is 2.40. The number of hydrogen-bond acceptors (Lipinski definition) is 8. The van der Waals surface area contributed by atoms with Gasteiger partial charge in [-0.2, -0.15) is 5.26 Å². The van der Waals surface area contributed by atoms with Crippen LogP contribution in [0.1, 0.15) is 57.4 Å². The Hall–Kier alpha value is -4.42. The molecule has 0 atom stereocenters. The molecule has 6 rings (SSSR count). The van der Waals surface area contributed by atoms with E-state index in [9.17, 15) is 4.79 Å². The molecule has 4 aromatic rings. The number of aldehydes is 1. The SMILES string of the molecule is Cc1c(COc2cc(OCc3cncc(C#N)c3)c(C=O)cc2Cl)cccc1-c1cccc(OCCCN2CC3(CCOCC3)C2)c1C. The Kier molecular flexibility index (Phi) is 10.6. The predicted molar refractivity (Wildman–Crippen MR) is 185 cm³/mol. The van der Waals surface area contributed by atoms with Crippen molar-refractivity contribution < 1.29 is 23.7 Å². The molecular weight excluding hydrogens is 626 g/mol. The molecule has 248 valence electrons. The van der Waals surface area contributed by atoms with Gasteiger partial charge < -0.3 is 23.8 Å². The number of rotatable bonds is 13. The lowest BCUT2D eigenvalue weighted by molar-refractivity contribution is -0.0811. The Morgan fingerprint density at radius 1 is 0.938 bits per heavy atom. The van der Waals surface area contributed by atoms with Crippen molar-refractivity contribution in [1.82, 2.24) is 9.88 Å². The molecule has 0 bridgehead atoms. The first-order valence-corrected chi connectivity index (χ1v) is 16.8. The number of benzene rings is 3. The molecular formula is C39H40ClN3O5. The summed E-state index contributed by atoms with van der Waals surface area (Å²) in [5.74, 6) is 1.64. The standard InChI is InChI=1S/C39H40ClN3O5/c1-27-31(24-48-38-18-37(32(22-44)17-35(38)40)47-23-30-16-29(19-41)20-42-21-30)6-3-7-33(27)34-8-4-9-36(28(34)2)46-13-5-12-43-25-39(26-43)10-14-45-15-11-39/h3-4,6-9,16-18,20-22H,5,10-15,23-26H2,1-2H3. The van der Waals surface area contributed by atoms with E-state index in [4.69, 9.17) is 35.8 Å². The van der Waals surface area contributed by atoms with Gasteiger partial charge in [-0.15, -0.1) is 0 Å². The van der Waals surface area contributed by atoms with Crippen LogP contribution in [0.15, 0.2) is 67.0 Å². The Morgan fingerprint density at radius 2 is 1.69 bits per heavy atom. The summed E-state index contributed by atoms with van der Waals surface area (Å²) in [4.78, 5) is 18.4. The van der Waals surface area contributed by atoms with Crippen molar-refractivity contribution in [2.75, 3.05) is 39.5 Å². The van der Waals surface area contributed by atoms with Crippen LogP contribution in [-0.2, 0) is 18.0 Å². The highest BCUT2D eigenvalue weighted by atomic mass is 35.5. The van der Waals surface area contributed by atoms with Crippen molar-refractivity contribution in [3.05, 3.63) is 105 Å². The third-order valence-electron chi connectivity index (χ3n) is 9.46. The van der Waals surface area contributed by atoms with E-state index < -0.39 is 0 Å². The summed E-state index contributed by atoms with van der Waals surface area (Å²) in [6.45, 7) is 10.5. The number of aromatic nitrogens is 1. The number of nitrogens with zero attached hydrogens (tertiary/aromatic N) is 3. The summed E-state index contributed by atoms with van der Waals surface area (Å²) in [6.07, 6.45) is 7.17. The van der Waals surface area contributed by atoms with Gasteiger partial charge in [0.15, 0.2) is 6.29 Å². The first kappa shape index (κ1) is 33.5. The van der Waals surface area contributed by atoms with E-state index in [0.717, 1.165) is 59.7 Å². The lowest BCUT2D eigenvalue weighted by Gasteiger charge is -2.52. The van der Waals surface area contributed by atoms with Crippen LogP contribution >= 0.6 is 11.6 Å². The van der Waals surface area contributed by atoms with Crippen LogP contribution in [0.5, 0.6) is 17.2 Å². The van der Waals surface area contributed by atoms with Crippen LogP contribution in [0.2, 0.25) is 5.02 Å². The van der Waals surface area contributed by atoms with Crippen molar-refractivity contribution in [2.45, 2.75) is 46.3 Å². The predicted octanol–water partition coefficient (Wildman–Crippen LogP) is 7.74. The molecule has 1 spiro atoms. The smallest absolute Gasteiger partial charge is 0.153 e. The van der Waals surface area contributed by atoms with Crippen LogP contribution in [0.3, 0.4) is 0 Å². The third-order valence-corrected chi connectivity index (χ3v) is 9.76. The maximum absolute atomic E-state index is 11.8. The minimum atomic E-state index is 0.128. The molecule has 0 unspecified atom stereocenters. The van der Waals surface area contributed by atoms with Gasteiger partial charge in [-0.3, -0.25) is 9.78 Å². The normalized spacial score (nSPS) is 15.4. The quantitative estimate of drug-likeness (QED) is 0.106. The van der Waals surface area contributed by atoms with E-state index in [1.807, 2.05) is 24.3 Å². The molecule has 0 radical (unpaired) electrons. The molecule has 0 saturated carbocycles. The second-order valence-electron chi connectivity index (χ2n) is 12.8. The largest absolute Gasteiger partial charge is 0.493 e. The van der Waals surface area contributed by atoms with Crippen LogP contribution in [0.4, 0.5) is 0 Å². The Labute approximate surface area is 287 Å². The van der Waals surface area contributed by atoms with Gasteiger partial charge in [-0.1, -0.05) is 41.9 Å². The minimum absolute atomic E-state index is 0.128. The van der Waals surface area contributed by atoms with Crippen LogP contribution in [0.25, 0.3) is 11.1 Å². The molecule has 2 aliphatic heterocycles. The van der Waals surface area contributed by atoms with Gasteiger partial charge in [0, 0.05) is 62.3 Å². The van der Waals surface area contributed by atoms with E-state index in [0.29, 0.717) is 51.5 Å². The number of hydrogen-bond donors (Lipinski definition) is 0. The Bertz CT molecular complexity index is 1810. The van der Waals surface area contributed by atoms with Gasteiger partial charge in [-0.25, -0.2) is 0 Å². The van der Waals surface area contributed by atoms with E-state index in [1.165, 1.54) is 38.2 Å². The molecule has 0 N–H and O–H groups in total. The number of carbonyl (C=O) groups excluding carboxylic acids is 1. The van der Waals surface area contributed by atoms with Crippen molar-refractivity contribution >= 4 is 17.9 Å². The fraction of sp³-hybridized carbons (Fsp3) is 0.359. The lowest BCUT2D eigenvalue weighted by Crippen LogP contribution is -2.58. The molecule has 48 heavy (non-hydrogen) atoms. The molecule has 2 saturated heterocycles. The molecule has 0 aliphatic carbocycles. The zero-order valence-electron chi connectivity index (χ0n) is 27.5. The molecule has 8 nitrogen and oxygen atoms in total. The van der Waals surface area contributed by atoms with Gasteiger partial charge in [0.05, 0.1) is 22.8 Å². The van der Waals surface area contributed by atoms with E-state index in [-0.39, 0.29) is 13.2 Å². The number of likely N-dealkylation sites (tertiary alicyclic amines) is 1. The fourth-order valence-electron chi connectivity index (χ4n) is 6.67. The van der Waals surface area contributed by atoms with E-state index >= 15 is 0 Å². The lowest BCUT2D eigenvalue weighted by atomic mass is 9.73. The fourth-order valence-corrected chi connectivity index (χ4v) is 6.89. The first-order chi connectivity index (χ1) is 23.4. The summed E-state index contributed by atoms with van der Waals surface area (Å²) in [7, 11) is 0. The zero-order valence-corrected chi connectivity index (χ0v) is 28.2. The highest BCUT2D eigenvalue weighted by molar-refractivity contribution is 6.32. The molecule has 9 heteroatoms. The number of carbonyl (C=O) groups is 1. The van der Waals surface area contributed by atoms with Gasteiger partial charge in [-0.05, 0) is 79.1 Å². The average Bonchev–Trinajstić information content (AvgIpc) is 3.09. The monoisotopic (exact) mass is 665 g/mol. The summed E-state index contributed by atoms with van der Waals surface area (Å²) >= 11 is 6.52. The van der Waals surface area contributed by atoms with Crippen LogP contribution in [-0.4, -0.2) is 55.6 Å². The van der Waals surface area contributed by atoms with Gasteiger partial charge in [0.25, 0.3) is 0 Å². The average molecular weight is 666 g/mol. The van der Waals surface area contributed by atoms with Crippen molar-refractivity contribution in [3.8, 4) is 34.4 Å². The van der Waals surface area contributed by atoms with Gasteiger partial charge in [0.1, 0.15) is 36.5 Å². The molecule has 3 heterocycles. The minimum Gasteiger partial charge on any atom is -0.493 e. The summed E-state index contributed by atoms with van der Waals surface area (Å²) in [5.41, 5.74) is 7.38. The third kappa shape index (κ3) is 7.65. The van der Waals surface area contributed by atoms with Gasteiger partial charge in [0.2, 0.25) is 0 Å². The summed E-state index contributed by atoms with van der Waals surface area (Å²) in [5, 5.41) is 9.46. The van der Waals surface area contributed by atoms with Crippen molar-refractivity contribution in [1.29, 1.82) is 5.26 Å². The Balaban J connectivity index is 1.08. The number of nitriles is 1. The van der Waals surface area contributed by atoms with Crippen LogP contribution in [0, 0.1) is 30.6 Å². The molecule has 2 fully saturated rings.